The fourth-order valence-electron chi connectivity index (χ4n) is 4.08. The van der Waals surface area contributed by atoms with Crippen molar-refractivity contribution in [2.24, 2.45) is 0 Å². The molecule has 0 radical (unpaired) electrons. The lowest BCUT2D eigenvalue weighted by Gasteiger charge is -2.38. The molecule has 0 spiro atoms. The van der Waals surface area contributed by atoms with E-state index in [0.717, 1.165) is 48.6 Å². The van der Waals surface area contributed by atoms with Gasteiger partial charge in [-0.15, -0.1) is 0 Å². The van der Waals surface area contributed by atoms with Crippen molar-refractivity contribution in [2.45, 2.75) is 44.1 Å². The van der Waals surface area contributed by atoms with Crippen molar-refractivity contribution in [1.29, 1.82) is 0 Å². The molecule has 1 saturated carbocycles. The predicted molar refractivity (Wildman–Crippen MR) is 105 cm³/mol. The third-order valence-electron chi connectivity index (χ3n) is 5.50. The molecule has 27 heavy (non-hydrogen) atoms. The van der Waals surface area contributed by atoms with E-state index in [2.05, 4.69) is 10.3 Å². The highest BCUT2D eigenvalue weighted by molar-refractivity contribution is 5.97. The number of para-hydroxylation sites is 1. The molecule has 0 atom stereocenters. The van der Waals surface area contributed by atoms with Crippen molar-refractivity contribution >= 4 is 16.8 Å². The Hall–Kier alpha value is -2.75. The van der Waals surface area contributed by atoms with Crippen LogP contribution < -0.4 is 5.32 Å². The summed E-state index contributed by atoms with van der Waals surface area (Å²) in [4.78, 5) is 17.4. The summed E-state index contributed by atoms with van der Waals surface area (Å²) in [5.74, 6) is -0.319. The SMILES string of the molecule is O=C(NC1(Cc2ccc(F)cc2)CCCCC1)c1cnc2ccccc2c1. The lowest BCUT2D eigenvalue weighted by molar-refractivity contribution is 0.0868. The van der Waals surface area contributed by atoms with Crippen LogP contribution in [0.15, 0.2) is 60.8 Å². The van der Waals surface area contributed by atoms with Gasteiger partial charge in [0, 0.05) is 17.1 Å². The molecule has 1 amide bonds. The second-order valence-electron chi connectivity index (χ2n) is 7.52. The summed E-state index contributed by atoms with van der Waals surface area (Å²) in [6, 6.07) is 16.3. The topological polar surface area (TPSA) is 42.0 Å². The molecule has 3 nitrogen and oxygen atoms in total. The van der Waals surface area contributed by atoms with E-state index < -0.39 is 0 Å². The van der Waals surface area contributed by atoms with Crippen LogP contribution in [0.1, 0.15) is 48.0 Å². The molecule has 138 valence electrons. The van der Waals surface area contributed by atoms with Gasteiger partial charge >= 0.3 is 0 Å². The molecule has 0 unspecified atom stereocenters. The number of benzene rings is 2. The Morgan fingerprint density at radius 3 is 2.56 bits per heavy atom. The minimum atomic E-state index is -0.279. The summed E-state index contributed by atoms with van der Waals surface area (Å²) >= 11 is 0. The molecular formula is C23H23FN2O. The molecule has 1 N–H and O–H groups in total. The van der Waals surface area contributed by atoms with Crippen LogP contribution in [0.2, 0.25) is 0 Å². The Morgan fingerprint density at radius 2 is 1.78 bits per heavy atom. The van der Waals surface area contributed by atoms with Gasteiger partial charge in [-0.05, 0) is 49.1 Å². The van der Waals surface area contributed by atoms with Gasteiger partial charge in [0.05, 0.1) is 11.1 Å². The highest BCUT2D eigenvalue weighted by atomic mass is 19.1. The first kappa shape index (κ1) is 17.7. The summed E-state index contributed by atoms with van der Waals surface area (Å²) in [6.07, 6.45) is 7.63. The highest BCUT2D eigenvalue weighted by Crippen LogP contribution is 2.32. The normalized spacial score (nSPS) is 16.2. The number of aromatic nitrogens is 1. The number of rotatable bonds is 4. The number of halogens is 1. The number of carbonyl (C=O) groups is 1. The average Bonchev–Trinajstić information content (AvgIpc) is 2.70. The van der Waals surface area contributed by atoms with Crippen LogP contribution in [-0.4, -0.2) is 16.4 Å². The summed E-state index contributed by atoms with van der Waals surface area (Å²) in [5, 5.41) is 4.26. The van der Waals surface area contributed by atoms with E-state index in [1.54, 1.807) is 6.20 Å². The first-order valence-electron chi connectivity index (χ1n) is 9.55. The van der Waals surface area contributed by atoms with Crippen molar-refractivity contribution < 1.29 is 9.18 Å². The van der Waals surface area contributed by atoms with Crippen LogP contribution >= 0.6 is 0 Å². The lowest BCUT2D eigenvalue weighted by atomic mass is 9.77. The van der Waals surface area contributed by atoms with Crippen molar-refractivity contribution in [1.82, 2.24) is 10.3 Å². The molecule has 4 rings (SSSR count). The van der Waals surface area contributed by atoms with Crippen LogP contribution in [0.25, 0.3) is 10.9 Å². The molecule has 1 aromatic heterocycles. The fraction of sp³-hybridized carbons (Fsp3) is 0.304. The van der Waals surface area contributed by atoms with Crippen LogP contribution in [0.4, 0.5) is 4.39 Å². The Labute approximate surface area is 158 Å². The van der Waals surface area contributed by atoms with Gasteiger partial charge in [0.25, 0.3) is 5.91 Å². The van der Waals surface area contributed by atoms with Crippen LogP contribution in [0.3, 0.4) is 0 Å². The zero-order chi connectivity index (χ0) is 18.7. The predicted octanol–water partition coefficient (Wildman–Crippen LogP) is 5.05. The average molecular weight is 362 g/mol. The number of nitrogens with one attached hydrogen (secondary N) is 1. The third-order valence-corrected chi connectivity index (χ3v) is 5.50. The van der Waals surface area contributed by atoms with E-state index in [1.807, 2.05) is 42.5 Å². The van der Waals surface area contributed by atoms with Crippen molar-refractivity contribution in [3.05, 3.63) is 77.7 Å². The van der Waals surface area contributed by atoms with Gasteiger partial charge in [-0.3, -0.25) is 9.78 Å². The number of amides is 1. The number of hydrogen-bond donors (Lipinski definition) is 1. The van der Waals surface area contributed by atoms with E-state index in [9.17, 15) is 9.18 Å². The second-order valence-corrected chi connectivity index (χ2v) is 7.52. The third kappa shape index (κ3) is 4.00. The van der Waals surface area contributed by atoms with Gasteiger partial charge in [-0.1, -0.05) is 49.6 Å². The van der Waals surface area contributed by atoms with Gasteiger partial charge in [-0.25, -0.2) is 4.39 Å². The number of carbonyl (C=O) groups excluding carboxylic acids is 1. The van der Waals surface area contributed by atoms with Crippen molar-refractivity contribution in [2.75, 3.05) is 0 Å². The molecule has 1 aliphatic rings. The van der Waals surface area contributed by atoms with Crippen LogP contribution in [0, 0.1) is 5.82 Å². The monoisotopic (exact) mass is 362 g/mol. The van der Waals surface area contributed by atoms with E-state index in [4.69, 9.17) is 0 Å². The summed E-state index contributed by atoms with van der Waals surface area (Å²) in [6.45, 7) is 0. The Bertz CT molecular complexity index is 946. The van der Waals surface area contributed by atoms with Gasteiger partial charge in [0.1, 0.15) is 5.82 Å². The zero-order valence-electron chi connectivity index (χ0n) is 15.2. The first-order valence-corrected chi connectivity index (χ1v) is 9.55. The molecular weight excluding hydrogens is 339 g/mol. The van der Waals surface area contributed by atoms with Gasteiger partial charge in [0.2, 0.25) is 0 Å². The molecule has 3 aromatic rings. The molecule has 0 aliphatic heterocycles. The Kier molecular flexibility index (Phi) is 4.88. The number of hydrogen-bond acceptors (Lipinski definition) is 2. The van der Waals surface area contributed by atoms with E-state index in [1.165, 1.54) is 18.6 Å². The Morgan fingerprint density at radius 1 is 1.04 bits per heavy atom. The minimum absolute atomic E-state index is 0.0859. The summed E-state index contributed by atoms with van der Waals surface area (Å²) in [5.41, 5.74) is 2.24. The second kappa shape index (κ2) is 7.47. The lowest BCUT2D eigenvalue weighted by Crippen LogP contribution is -2.51. The largest absolute Gasteiger partial charge is 0.346 e. The van der Waals surface area contributed by atoms with Crippen LogP contribution in [0.5, 0.6) is 0 Å². The quantitative estimate of drug-likeness (QED) is 0.706. The van der Waals surface area contributed by atoms with Crippen molar-refractivity contribution in [3.8, 4) is 0 Å². The summed E-state index contributed by atoms with van der Waals surface area (Å²) in [7, 11) is 0. The van der Waals surface area contributed by atoms with Crippen molar-refractivity contribution in [3.63, 3.8) is 0 Å². The van der Waals surface area contributed by atoms with Gasteiger partial charge < -0.3 is 5.32 Å². The smallest absolute Gasteiger partial charge is 0.253 e. The van der Waals surface area contributed by atoms with Gasteiger partial charge in [0.15, 0.2) is 0 Å². The molecule has 2 aromatic carbocycles. The highest BCUT2D eigenvalue weighted by Gasteiger charge is 2.34. The first-order chi connectivity index (χ1) is 13.1. The van der Waals surface area contributed by atoms with Crippen LogP contribution in [-0.2, 0) is 6.42 Å². The molecule has 4 heteroatoms. The minimum Gasteiger partial charge on any atom is -0.346 e. The summed E-state index contributed by atoms with van der Waals surface area (Å²) < 4.78 is 13.2. The standard InChI is InChI=1S/C23H23FN2O/c24-20-10-8-17(9-11-20)15-23(12-4-1-5-13-23)26-22(27)19-14-18-6-2-3-7-21(18)25-16-19/h2-3,6-11,14,16H,1,4-5,12-13,15H2,(H,26,27). The van der Waals surface area contributed by atoms with Gasteiger partial charge in [-0.2, -0.15) is 0 Å². The maximum absolute atomic E-state index is 13.2. The van der Waals surface area contributed by atoms with E-state index >= 15 is 0 Å². The fourth-order valence-corrected chi connectivity index (χ4v) is 4.08. The Balaban J connectivity index is 1.58. The number of nitrogens with zero attached hydrogens (tertiary/aromatic N) is 1. The van der Waals surface area contributed by atoms with E-state index in [0.29, 0.717) is 5.56 Å². The molecule has 1 heterocycles. The van der Waals surface area contributed by atoms with E-state index in [-0.39, 0.29) is 17.3 Å². The maximum Gasteiger partial charge on any atom is 0.253 e. The molecule has 1 aliphatic carbocycles. The maximum atomic E-state index is 13.2. The number of fused-ring (bicyclic) bond motifs is 1. The zero-order valence-corrected chi connectivity index (χ0v) is 15.2. The molecule has 0 saturated heterocycles. The molecule has 0 bridgehead atoms. The molecule has 1 fully saturated rings. The number of pyridine rings is 1.